The molecule has 27 heavy (non-hydrogen) atoms. The van der Waals surface area contributed by atoms with Gasteiger partial charge in [0.15, 0.2) is 11.6 Å². The zero-order valence-electron chi connectivity index (χ0n) is 14.8. The van der Waals surface area contributed by atoms with Gasteiger partial charge in [-0.25, -0.2) is 9.97 Å². The van der Waals surface area contributed by atoms with Crippen LogP contribution in [0.1, 0.15) is 12.5 Å². The Morgan fingerprint density at radius 1 is 1.11 bits per heavy atom. The van der Waals surface area contributed by atoms with Crippen molar-refractivity contribution < 1.29 is 9.59 Å². The molecule has 1 aliphatic rings. The van der Waals surface area contributed by atoms with Gasteiger partial charge < -0.3 is 0 Å². The van der Waals surface area contributed by atoms with Crippen LogP contribution in [-0.2, 0) is 9.59 Å². The van der Waals surface area contributed by atoms with E-state index in [1.807, 2.05) is 36.6 Å². The summed E-state index contributed by atoms with van der Waals surface area (Å²) in [5.74, 6) is -0.460. The second-order valence-corrected chi connectivity index (χ2v) is 7.21. The van der Waals surface area contributed by atoms with Gasteiger partial charge in [-0.15, -0.1) is 23.5 Å². The summed E-state index contributed by atoms with van der Waals surface area (Å²) in [6.07, 6.45) is 5.02. The van der Waals surface area contributed by atoms with Gasteiger partial charge in [0, 0.05) is 22.1 Å². The minimum atomic E-state index is -0.503. The van der Waals surface area contributed by atoms with Gasteiger partial charge in [-0.2, -0.15) is 10.3 Å². The molecule has 9 heteroatoms. The maximum Gasteiger partial charge on any atom is 0.275 e. The van der Waals surface area contributed by atoms with E-state index in [1.165, 1.54) is 17.8 Å². The number of carbonyl (C=O) groups is 2. The summed E-state index contributed by atoms with van der Waals surface area (Å²) in [6, 6.07) is 9.73. The van der Waals surface area contributed by atoms with Crippen molar-refractivity contribution in [3.63, 3.8) is 0 Å². The minimum absolute atomic E-state index is 0.116. The first kappa shape index (κ1) is 18.9. The summed E-state index contributed by atoms with van der Waals surface area (Å²) in [4.78, 5) is 34.1. The van der Waals surface area contributed by atoms with Crippen LogP contribution in [-0.4, -0.2) is 39.3 Å². The van der Waals surface area contributed by atoms with Crippen LogP contribution >= 0.6 is 23.5 Å². The average Bonchev–Trinajstić information content (AvgIpc) is 2.93. The number of hydrogen-bond donors (Lipinski definition) is 1. The molecule has 7 nitrogen and oxygen atoms in total. The largest absolute Gasteiger partial charge is 0.275 e. The third-order valence-corrected chi connectivity index (χ3v) is 5.27. The Morgan fingerprint density at radius 3 is 2.33 bits per heavy atom. The fraction of sp³-hybridized carbons (Fsp3) is 0.167. The number of nitriles is 1. The first-order valence-corrected chi connectivity index (χ1v) is 10.3. The Kier molecular flexibility index (Phi) is 5.48. The fourth-order valence-corrected chi connectivity index (χ4v) is 3.37. The lowest BCUT2D eigenvalue weighted by atomic mass is 10.2. The SMILES string of the molecule is CSc1ccc(-c2nc(NN3C(=O)C=C(C)C3=O)c(C#N)c(SC)n2)cc1. The molecule has 1 aromatic heterocycles. The highest BCUT2D eigenvalue weighted by atomic mass is 32.2. The van der Waals surface area contributed by atoms with Crippen LogP contribution in [0.5, 0.6) is 0 Å². The van der Waals surface area contributed by atoms with Gasteiger partial charge in [-0.05, 0) is 31.6 Å². The van der Waals surface area contributed by atoms with E-state index in [2.05, 4.69) is 15.4 Å². The van der Waals surface area contributed by atoms with Crippen molar-refractivity contribution in [2.24, 2.45) is 0 Å². The molecule has 0 saturated heterocycles. The van der Waals surface area contributed by atoms with E-state index in [0.717, 1.165) is 15.5 Å². The van der Waals surface area contributed by atoms with Crippen LogP contribution in [0.4, 0.5) is 5.82 Å². The second-order valence-electron chi connectivity index (χ2n) is 5.54. The molecule has 1 N–H and O–H groups in total. The highest BCUT2D eigenvalue weighted by Gasteiger charge is 2.30. The van der Waals surface area contributed by atoms with Crippen LogP contribution in [0.15, 0.2) is 45.8 Å². The number of benzene rings is 1. The number of nitrogens with one attached hydrogen (secondary N) is 1. The molecule has 0 radical (unpaired) electrons. The highest BCUT2D eigenvalue weighted by Crippen LogP contribution is 2.29. The number of aromatic nitrogens is 2. The smallest absolute Gasteiger partial charge is 0.270 e. The minimum Gasteiger partial charge on any atom is -0.270 e. The fourth-order valence-electron chi connectivity index (χ4n) is 2.44. The lowest BCUT2D eigenvalue weighted by Crippen LogP contribution is -2.37. The summed E-state index contributed by atoms with van der Waals surface area (Å²) >= 11 is 2.92. The van der Waals surface area contributed by atoms with Crippen molar-refractivity contribution in [2.45, 2.75) is 16.8 Å². The van der Waals surface area contributed by atoms with Crippen LogP contribution in [0, 0.1) is 11.3 Å². The van der Waals surface area contributed by atoms with E-state index in [1.54, 1.807) is 24.9 Å². The predicted octanol–water partition coefficient (Wildman–Crippen LogP) is 3.10. The van der Waals surface area contributed by atoms with Gasteiger partial charge in [0.1, 0.15) is 16.7 Å². The molecule has 2 amide bonds. The van der Waals surface area contributed by atoms with E-state index >= 15 is 0 Å². The van der Waals surface area contributed by atoms with Crippen molar-refractivity contribution in [3.05, 3.63) is 41.5 Å². The molecule has 1 aromatic carbocycles. The van der Waals surface area contributed by atoms with Gasteiger partial charge >= 0.3 is 0 Å². The molecule has 0 fully saturated rings. The molecule has 0 atom stereocenters. The van der Waals surface area contributed by atoms with Crippen LogP contribution in [0.3, 0.4) is 0 Å². The molecule has 2 heterocycles. The maximum atomic E-state index is 12.1. The Balaban J connectivity index is 2.05. The van der Waals surface area contributed by atoms with Gasteiger partial charge in [-0.3, -0.25) is 15.0 Å². The number of carbonyl (C=O) groups excluding carboxylic acids is 2. The molecule has 3 rings (SSSR count). The van der Waals surface area contributed by atoms with Crippen LogP contribution in [0.2, 0.25) is 0 Å². The first-order chi connectivity index (χ1) is 13.0. The van der Waals surface area contributed by atoms with Crippen molar-refractivity contribution >= 4 is 41.2 Å². The molecule has 0 unspecified atom stereocenters. The van der Waals surface area contributed by atoms with E-state index in [0.29, 0.717) is 16.4 Å². The number of nitrogens with zero attached hydrogens (tertiary/aromatic N) is 4. The van der Waals surface area contributed by atoms with Gasteiger partial charge in [0.05, 0.1) is 0 Å². The summed E-state index contributed by atoms with van der Waals surface area (Å²) in [7, 11) is 0. The molecule has 0 saturated carbocycles. The monoisotopic (exact) mass is 397 g/mol. The van der Waals surface area contributed by atoms with Gasteiger partial charge in [0.2, 0.25) is 0 Å². The number of amides is 2. The number of imide groups is 1. The normalized spacial score (nSPS) is 13.6. The van der Waals surface area contributed by atoms with Crippen LogP contribution in [0.25, 0.3) is 11.4 Å². The van der Waals surface area contributed by atoms with E-state index < -0.39 is 11.8 Å². The Morgan fingerprint density at radius 2 is 1.81 bits per heavy atom. The zero-order valence-corrected chi connectivity index (χ0v) is 16.4. The lowest BCUT2D eigenvalue weighted by Gasteiger charge is -2.18. The van der Waals surface area contributed by atoms with Gasteiger partial charge in [0.25, 0.3) is 11.8 Å². The van der Waals surface area contributed by atoms with E-state index in [9.17, 15) is 14.9 Å². The summed E-state index contributed by atoms with van der Waals surface area (Å²) in [5.41, 5.74) is 3.95. The zero-order chi connectivity index (χ0) is 19.6. The number of anilines is 1. The van der Waals surface area contributed by atoms with Crippen molar-refractivity contribution in [3.8, 4) is 17.5 Å². The van der Waals surface area contributed by atoms with E-state index in [4.69, 9.17) is 0 Å². The number of hydrogen-bond acceptors (Lipinski definition) is 8. The van der Waals surface area contributed by atoms with Crippen molar-refractivity contribution in [1.29, 1.82) is 5.26 Å². The van der Waals surface area contributed by atoms with Gasteiger partial charge in [-0.1, -0.05) is 12.1 Å². The molecule has 0 spiro atoms. The topological polar surface area (TPSA) is 99.0 Å². The third kappa shape index (κ3) is 3.67. The van der Waals surface area contributed by atoms with E-state index in [-0.39, 0.29) is 11.4 Å². The molecular weight excluding hydrogens is 382 g/mol. The first-order valence-electron chi connectivity index (χ1n) is 7.82. The molecule has 1 aliphatic heterocycles. The Bertz CT molecular complexity index is 996. The summed E-state index contributed by atoms with van der Waals surface area (Å²) < 4.78 is 0. The Labute approximate surface area is 164 Å². The summed E-state index contributed by atoms with van der Waals surface area (Å²) in [5, 5.41) is 10.8. The van der Waals surface area contributed by atoms with Crippen molar-refractivity contribution in [2.75, 3.05) is 17.9 Å². The third-order valence-electron chi connectivity index (χ3n) is 3.85. The Hall–Kier alpha value is -2.83. The van der Waals surface area contributed by atoms with Crippen LogP contribution < -0.4 is 5.43 Å². The summed E-state index contributed by atoms with van der Waals surface area (Å²) in [6.45, 7) is 1.55. The number of thioether (sulfide) groups is 2. The highest BCUT2D eigenvalue weighted by molar-refractivity contribution is 7.98. The molecular formula is C18H15N5O2S2. The molecule has 0 bridgehead atoms. The second kappa shape index (κ2) is 7.82. The molecule has 0 aliphatic carbocycles. The molecule has 2 aromatic rings. The maximum absolute atomic E-state index is 12.1. The predicted molar refractivity (Wildman–Crippen MR) is 105 cm³/mol. The molecule has 136 valence electrons. The quantitative estimate of drug-likeness (QED) is 0.467. The standard InChI is InChI=1S/C18H15N5O2S2/c1-10-8-14(24)23(18(10)25)22-16-13(9-19)17(27-3)21-15(20-16)11-4-6-12(26-2)7-5-11/h4-8H,1-3H3,(H,20,21,22). The average molecular weight is 397 g/mol. The number of rotatable bonds is 5. The lowest BCUT2D eigenvalue weighted by molar-refractivity contribution is -0.135. The number of hydrazine groups is 1. The van der Waals surface area contributed by atoms with Crippen molar-refractivity contribution in [1.82, 2.24) is 15.0 Å².